The molecule has 256 valence electrons. The number of aromatic nitrogens is 2. The molecule has 4 rings (SSSR count). The van der Waals surface area contributed by atoms with Gasteiger partial charge < -0.3 is 0 Å². The molecule has 2 nitrogen and oxygen atoms in total. The summed E-state index contributed by atoms with van der Waals surface area (Å²) in [5, 5.41) is 0. The van der Waals surface area contributed by atoms with Gasteiger partial charge in [-0.05, 0) is 27.7 Å². The normalized spacial score (nSPS) is 11.7. The van der Waals surface area contributed by atoms with Gasteiger partial charge in [0.2, 0.25) is 6.33 Å². The lowest BCUT2D eigenvalue weighted by molar-refractivity contribution is -0.721. The van der Waals surface area contributed by atoms with E-state index in [2.05, 4.69) is 57.0 Å². The molecule has 0 saturated heterocycles. The fourth-order valence-electron chi connectivity index (χ4n) is 5.13. The predicted octanol–water partition coefficient (Wildman–Crippen LogP) is 6.58. The Morgan fingerprint density at radius 2 is 0.681 bits per heavy atom. The Morgan fingerprint density at radius 1 is 0.447 bits per heavy atom. The molecule has 18 heteroatoms. The molecule has 0 spiro atoms. The third-order valence-electron chi connectivity index (χ3n) is 7.62. The van der Waals surface area contributed by atoms with Crippen molar-refractivity contribution in [2.75, 3.05) is 0 Å². The summed E-state index contributed by atoms with van der Waals surface area (Å²) in [6.07, 6.45) is 2.22. The molecule has 0 atom stereocenters. The number of benzene rings is 3. The highest BCUT2D eigenvalue weighted by molar-refractivity contribution is 6.95. The van der Waals surface area contributed by atoms with Crippen LogP contribution in [0.3, 0.4) is 0 Å². The molecular weight excluding hydrogens is 672 g/mol. The summed E-state index contributed by atoms with van der Waals surface area (Å²) in [4.78, 5) is 0. The summed E-state index contributed by atoms with van der Waals surface area (Å²) in [5.74, 6) is -44.8. The maximum absolute atomic E-state index is 14.4. The van der Waals surface area contributed by atoms with E-state index in [0.717, 1.165) is 0 Å². The minimum absolute atomic E-state index is 0.554. The molecule has 0 aliphatic carbocycles. The summed E-state index contributed by atoms with van der Waals surface area (Å²) in [5.41, 5.74) is -5.03. The molecule has 0 saturated carbocycles. The quantitative estimate of drug-likeness (QED) is 0.0735. The van der Waals surface area contributed by atoms with Gasteiger partial charge in [-0.3, -0.25) is 0 Å². The van der Waals surface area contributed by atoms with Gasteiger partial charge in [0.15, 0.2) is 52.4 Å². The first-order valence-electron chi connectivity index (χ1n) is 13.4. The van der Waals surface area contributed by atoms with Crippen molar-refractivity contribution in [3.63, 3.8) is 0 Å². The zero-order valence-corrected chi connectivity index (χ0v) is 25.0. The minimum atomic E-state index is -5.16. The molecule has 3 aromatic carbocycles. The van der Waals surface area contributed by atoms with Gasteiger partial charge in [0.1, 0.15) is 46.3 Å². The summed E-state index contributed by atoms with van der Waals surface area (Å²) in [6, 6.07) is 1.11. The highest BCUT2D eigenvalue weighted by Crippen LogP contribution is 2.23. The molecule has 0 aliphatic rings. The van der Waals surface area contributed by atoms with Crippen molar-refractivity contribution >= 4 is 23.1 Å². The minimum Gasteiger partial charge on any atom is -0.232 e. The Balaban J connectivity index is 0.000000386. The van der Waals surface area contributed by atoms with E-state index in [1.54, 1.807) is 0 Å². The molecular formula is C29H22BF15N2. The van der Waals surface area contributed by atoms with Crippen LogP contribution in [0.15, 0.2) is 6.33 Å². The Hall–Kier alpha value is -4.12. The number of rotatable bonds is 5. The van der Waals surface area contributed by atoms with E-state index in [9.17, 15) is 65.9 Å². The van der Waals surface area contributed by atoms with Crippen molar-refractivity contribution in [2.24, 2.45) is 0 Å². The first-order chi connectivity index (χ1) is 21.6. The van der Waals surface area contributed by atoms with Crippen molar-refractivity contribution in [1.82, 2.24) is 4.57 Å². The molecule has 47 heavy (non-hydrogen) atoms. The summed E-state index contributed by atoms with van der Waals surface area (Å²) >= 11 is 0. The van der Waals surface area contributed by atoms with Crippen LogP contribution in [0, 0.1) is 101 Å². The molecule has 0 fully saturated rings. The van der Waals surface area contributed by atoms with Gasteiger partial charge >= 0.3 is 0 Å². The van der Waals surface area contributed by atoms with Crippen molar-refractivity contribution < 1.29 is 70.4 Å². The molecule has 0 radical (unpaired) electrons. The zero-order valence-electron chi connectivity index (χ0n) is 25.0. The van der Waals surface area contributed by atoms with Crippen molar-refractivity contribution in [3.05, 3.63) is 105 Å². The molecule has 0 bridgehead atoms. The van der Waals surface area contributed by atoms with Crippen LogP contribution >= 0.6 is 0 Å². The van der Waals surface area contributed by atoms with E-state index in [0.29, 0.717) is 12.1 Å². The lowest BCUT2D eigenvalue weighted by Crippen LogP contribution is -2.60. The average Bonchev–Trinajstić information content (AvgIpc) is 3.33. The SMILES string of the molecule is Cc1c(C)[n+](C(C)C)cn1C(C)C.Fc1c(F)c(F)c([BH-](c2c(F)c(F)c(F)c(F)c2F)c2c(F)c(F)c(F)c(F)c2F)c(F)c1F. The van der Waals surface area contributed by atoms with Crippen molar-refractivity contribution in [3.8, 4) is 0 Å². The molecule has 0 aliphatic heterocycles. The highest BCUT2D eigenvalue weighted by Gasteiger charge is 2.37. The van der Waals surface area contributed by atoms with Gasteiger partial charge in [-0.25, -0.2) is 75.0 Å². The smallest absolute Gasteiger partial charge is 0.232 e. The van der Waals surface area contributed by atoms with Gasteiger partial charge in [0, 0.05) is 13.8 Å². The van der Waals surface area contributed by atoms with Gasteiger partial charge in [-0.1, -0.05) is 0 Å². The third-order valence-corrected chi connectivity index (χ3v) is 7.62. The summed E-state index contributed by atoms with van der Waals surface area (Å²) in [6.45, 7) is 8.09. The van der Waals surface area contributed by atoms with E-state index in [1.807, 2.05) is 0 Å². The Morgan fingerprint density at radius 3 is 0.851 bits per heavy atom. The molecule has 1 aromatic heterocycles. The van der Waals surface area contributed by atoms with E-state index in [4.69, 9.17) is 0 Å². The fraction of sp³-hybridized carbons (Fsp3) is 0.276. The van der Waals surface area contributed by atoms with Crippen LogP contribution in [0.5, 0.6) is 0 Å². The second kappa shape index (κ2) is 13.5. The largest absolute Gasteiger partial charge is 0.244 e. The van der Waals surface area contributed by atoms with Crippen LogP contribution in [0.2, 0.25) is 0 Å². The second-order valence-corrected chi connectivity index (χ2v) is 11.0. The van der Waals surface area contributed by atoms with Crippen molar-refractivity contribution in [1.29, 1.82) is 0 Å². The van der Waals surface area contributed by atoms with Crippen LogP contribution in [0.25, 0.3) is 0 Å². The van der Waals surface area contributed by atoms with Gasteiger partial charge in [-0.2, -0.15) is 0 Å². The second-order valence-electron chi connectivity index (χ2n) is 11.0. The Bertz CT molecular complexity index is 1600. The van der Waals surface area contributed by atoms with E-state index in [1.165, 1.54) is 11.4 Å². The predicted molar refractivity (Wildman–Crippen MR) is 140 cm³/mol. The van der Waals surface area contributed by atoms with Crippen LogP contribution in [-0.4, -0.2) is 11.3 Å². The molecule has 4 aromatic rings. The Kier molecular flexibility index (Phi) is 10.8. The van der Waals surface area contributed by atoms with Crippen LogP contribution in [0.1, 0.15) is 51.2 Å². The molecule has 1 heterocycles. The summed E-state index contributed by atoms with van der Waals surface area (Å²) < 4.78 is 213. The lowest BCUT2D eigenvalue weighted by Gasteiger charge is -2.30. The van der Waals surface area contributed by atoms with Gasteiger partial charge in [0.05, 0.1) is 18.8 Å². The summed E-state index contributed by atoms with van der Waals surface area (Å²) in [7, 11) is 0. The van der Waals surface area contributed by atoms with E-state index < -0.39 is 110 Å². The number of halogens is 15. The topological polar surface area (TPSA) is 8.81 Å². The Labute approximate surface area is 257 Å². The van der Waals surface area contributed by atoms with Gasteiger partial charge in [0.25, 0.3) is 0 Å². The zero-order chi connectivity index (χ0) is 36.1. The van der Waals surface area contributed by atoms with E-state index in [-0.39, 0.29) is 0 Å². The molecule has 0 unspecified atom stereocenters. The maximum Gasteiger partial charge on any atom is 0.244 e. The first kappa shape index (κ1) is 37.3. The number of imidazole rings is 1. The number of hydrogen-bond donors (Lipinski definition) is 0. The van der Waals surface area contributed by atoms with Crippen LogP contribution in [0.4, 0.5) is 65.9 Å². The van der Waals surface area contributed by atoms with Crippen LogP contribution in [-0.2, 0) is 0 Å². The number of nitrogens with zero attached hydrogens (tertiary/aromatic N) is 2. The first-order valence-corrected chi connectivity index (χ1v) is 13.4. The monoisotopic (exact) mass is 694 g/mol. The number of hydrogen-bond acceptors (Lipinski definition) is 0. The average molecular weight is 694 g/mol. The molecule has 0 amide bonds. The van der Waals surface area contributed by atoms with Crippen LogP contribution < -0.4 is 21.0 Å². The maximum atomic E-state index is 14.4. The fourth-order valence-corrected chi connectivity index (χ4v) is 5.13. The highest BCUT2D eigenvalue weighted by atomic mass is 19.2. The van der Waals surface area contributed by atoms with E-state index >= 15 is 0 Å². The molecule has 0 N–H and O–H groups in total. The third kappa shape index (κ3) is 6.17. The van der Waals surface area contributed by atoms with Crippen molar-refractivity contribution in [2.45, 2.75) is 53.6 Å². The lowest BCUT2D eigenvalue weighted by atomic mass is 9.36. The van der Waals surface area contributed by atoms with Gasteiger partial charge in [-0.15, -0.1) is 16.4 Å². The standard InChI is InChI=1S/C18HBF15.C11H21N2/c20-4-1(5(21)11(27)16(32)10(4)26)19(2-6(22)12(28)17(33)13(29)7(2)23)3-8(24)14(30)18(34)15(31)9(3)25;1-8(2)12-7-13(9(3)4)11(6)10(12)5/h19H;7-9H,1-6H3/q-1;+1.